The summed E-state index contributed by atoms with van der Waals surface area (Å²) in [6.45, 7) is 12.6. The average molecular weight is 334 g/mol. The summed E-state index contributed by atoms with van der Waals surface area (Å²) in [6, 6.07) is 4.36. The molecular formula is C17H26N4OS. The number of thiophene rings is 1. The zero-order valence-corrected chi connectivity index (χ0v) is 15.1. The van der Waals surface area contributed by atoms with Crippen LogP contribution in [0.5, 0.6) is 0 Å². The van der Waals surface area contributed by atoms with Gasteiger partial charge < -0.3 is 4.52 Å². The lowest BCUT2D eigenvalue weighted by Gasteiger charge is -2.20. The lowest BCUT2D eigenvalue weighted by molar-refractivity contribution is 0.241. The molecule has 0 bridgehead atoms. The van der Waals surface area contributed by atoms with Crippen LogP contribution in [0.2, 0.25) is 0 Å². The van der Waals surface area contributed by atoms with Crippen molar-refractivity contribution in [2.24, 2.45) is 0 Å². The highest BCUT2D eigenvalue weighted by Crippen LogP contribution is 2.20. The van der Waals surface area contributed by atoms with Crippen LogP contribution < -0.4 is 0 Å². The van der Waals surface area contributed by atoms with Gasteiger partial charge in [-0.15, -0.1) is 11.3 Å². The van der Waals surface area contributed by atoms with Crippen molar-refractivity contribution in [3.63, 3.8) is 0 Å². The minimum atomic E-state index is -0.0818. The smallest absolute Gasteiger partial charge is 0.232 e. The molecule has 0 spiro atoms. The number of hydrogen-bond donors (Lipinski definition) is 0. The quantitative estimate of drug-likeness (QED) is 0.859. The Balaban J connectivity index is 1.53. The zero-order valence-electron chi connectivity index (χ0n) is 14.3. The Bertz CT molecular complexity index is 602. The third-order valence-electron chi connectivity index (χ3n) is 4.12. The van der Waals surface area contributed by atoms with Crippen molar-refractivity contribution in [3.05, 3.63) is 34.1 Å². The normalized spacial score (nSPS) is 18.2. The summed E-state index contributed by atoms with van der Waals surface area (Å²) < 4.78 is 5.40. The highest BCUT2D eigenvalue weighted by molar-refractivity contribution is 7.09. The van der Waals surface area contributed by atoms with Crippen molar-refractivity contribution in [1.82, 2.24) is 19.9 Å². The van der Waals surface area contributed by atoms with Gasteiger partial charge in [0.25, 0.3) is 0 Å². The van der Waals surface area contributed by atoms with Crippen molar-refractivity contribution in [2.45, 2.75) is 45.7 Å². The molecule has 1 saturated heterocycles. The third kappa shape index (κ3) is 4.62. The molecule has 3 heterocycles. The number of nitrogens with zero attached hydrogens (tertiary/aromatic N) is 4. The predicted octanol–water partition coefficient (Wildman–Crippen LogP) is 3.14. The maximum absolute atomic E-state index is 5.40. The van der Waals surface area contributed by atoms with Gasteiger partial charge in [0, 0.05) is 29.9 Å². The molecule has 5 nitrogen and oxygen atoms in total. The minimum absolute atomic E-state index is 0.0818. The van der Waals surface area contributed by atoms with Crippen LogP contribution in [0, 0.1) is 0 Å². The molecule has 0 atom stereocenters. The van der Waals surface area contributed by atoms with E-state index in [9.17, 15) is 0 Å². The fourth-order valence-electron chi connectivity index (χ4n) is 2.79. The monoisotopic (exact) mass is 334 g/mol. The summed E-state index contributed by atoms with van der Waals surface area (Å²) in [5.41, 5.74) is -0.0818. The summed E-state index contributed by atoms with van der Waals surface area (Å²) in [7, 11) is 0. The number of rotatable bonds is 4. The van der Waals surface area contributed by atoms with Gasteiger partial charge in [-0.05, 0) is 31.0 Å². The van der Waals surface area contributed by atoms with Crippen LogP contribution >= 0.6 is 11.3 Å². The molecule has 0 N–H and O–H groups in total. The minimum Gasteiger partial charge on any atom is -0.339 e. The first-order chi connectivity index (χ1) is 11.0. The molecule has 2 aromatic rings. The van der Waals surface area contributed by atoms with Crippen LogP contribution in [0.1, 0.15) is 43.8 Å². The Morgan fingerprint density at radius 3 is 2.48 bits per heavy atom. The van der Waals surface area contributed by atoms with E-state index in [1.54, 1.807) is 0 Å². The molecule has 0 aliphatic carbocycles. The molecule has 3 rings (SSSR count). The topological polar surface area (TPSA) is 45.4 Å². The predicted molar refractivity (Wildman–Crippen MR) is 92.5 cm³/mol. The first-order valence-corrected chi connectivity index (χ1v) is 9.19. The molecule has 6 heteroatoms. The SMILES string of the molecule is CC(C)(C)c1nc(CN2CCCN(Cc3cccs3)CC2)no1. The maximum atomic E-state index is 5.40. The highest BCUT2D eigenvalue weighted by atomic mass is 32.1. The average Bonchev–Trinajstić information content (AvgIpc) is 3.10. The molecule has 0 saturated carbocycles. The van der Waals surface area contributed by atoms with Crippen LogP contribution in [0.25, 0.3) is 0 Å². The van der Waals surface area contributed by atoms with Gasteiger partial charge in [0.1, 0.15) is 0 Å². The Hall–Kier alpha value is -1.24. The van der Waals surface area contributed by atoms with Crippen molar-refractivity contribution >= 4 is 11.3 Å². The molecule has 2 aromatic heterocycles. The maximum Gasteiger partial charge on any atom is 0.232 e. The molecule has 1 aliphatic heterocycles. The molecule has 0 aromatic carbocycles. The summed E-state index contributed by atoms with van der Waals surface area (Å²) in [4.78, 5) is 11.0. The van der Waals surface area contributed by atoms with Crippen molar-refractivity contribution in [2.75, 3.05) is 26.2 Å². The van der Waals surface area contributed by atoms with E-state index in [1.165, 1.54) is 11.3 Å². The van der Waals surface area contributed by atoms with Gasteiger partial charge in [-0.3, -0.25) is 9.80 Å². The molecule has 1 aliphatic rings. The summed E-state index contributed by atoms with van der Waals surface area (Å²) in [5.74, 6) is 1.53. The molecule has 23 heavy (non-hydrogen) atoms. The van der Waals surface area contributed by atoms with Crippen molar-refractivity contribution in [1.29, 1.82) is 0 Å². The first kappa shape index (κ1) is 16.6. The van der Waals surface area contributed by atoms with Crippen LogP contribution in [-0.4, -0.2) is 46.1 Å². The Kier molecular flexibility index (Phi) is 5.14. The van der Waals surface area contributed by atoms with Crippen LogP contribution in [-0.2, 0) is 18.5 Å². The molecule has 1 fully saturated rings. The molecule has 0 unspecified atom stereocenters. The Morgan fingerprint density at radius 1 is 1.13 bits per heavy atom. The third-order valence-corrected chi connectivity index (χ3v) is 4.98. The lowest BCUT2D eigenvalue weighted by atomic mass is 9.97. The van der Waals surface area contributed by atoms with Crippen molar-refractivity contribution in [3.8, 4) is 0 Å². The van der Waals surface area contributed by atoms with E-state index in [-0.39, 0.29) is 5.41 Å². The van der Waals surface area contributed by atoms with Crippen molar-refractivity contribution < 1.29 is 4.52 Å². The molecule has 0 amide bonds. The molecule has 126 valence electrons. The zero-order chi connectivity index (χ0) is 16.3. The van der Waals surface area contributed by atoms with Gasteiger partial charge in [0.15, 0.2) is 5.82 Å². The van der Waals surface area contributed by atoms with Gasteiger partial charge in [-0.1, -0.05) is 32.0 Å². The van der Waals surface area contributed by atoms with E-state index < -0.39 is 0 Å². The highest BCUT2D eigenvalue weighted by Gasteiger charge is 2.23. The standard InChI is InChI=1S/C17H26N4OS/c1-17(2,3)16-18-15(19-22-16)13-21-8-5-7-20(9-10-21)12-14-6-4-11-23-14/h4,6,11H,5,7-10,12-13H2,1-3H3. The molecule has 0 radical (unpaired) electrons. The Morgan fingerprint density at radius 2 is 1.87 bits per heavy atom. The van der Waals surface area contributed by atoms with E-state index in [2.05, 4.69) is 58.2 Å². The first-order valence-electron chi connectivity index (χ1n) is 8.31. The van der Waals surface area contributed by atoms with E-state index in [0.717, 1.165) is 51.0 Å². The van der Waals surface area contributed by atoms with Gasteiger partial charge in [0.2, 0.25) is 5.89 Å². The van der Waals surface area contributed by atoms with Crippen LogP contribution in [0.3, 0.4) is 0 Å². The lowest BCUT2D eigenvalue weighted by Crippen LogP contribution is -2.30. The second kappa shape index (κ2) is 7.11. The van der Waals surface area contributed by atoms with E-state index in [4.69, 9.17) is 4.52 Å². The van der Waals surface area contributed by atoms with E-state index in [1.807, 2.05) is 11.3 Å². The van der Waals surface area contributed by atoms with Gasteiger partial charge in [-0.2, -0.15) is 4.98 Å². The van der Waals surface area contributed by atoms with Gasteiger partial charge in [-0.25, -0.2) is 0 Å². The second-order valence-electron chi connectivity index (χ2n) is 7.25. The summed E-state index contributed by atoms with van der Waals surface area (Å²) >= 11 is 1.84. The van der Waals surface area contributed by atoms with Gasteiger partial charge in [0.05, 0.1) is 6.54 Å². The largest absolute Gasteiger partial charge is 0.339 e. The fourth-order valence-corrected chi connectivity index (χ4v) is 3.53. The summed E-state index contributed by atoms with van der Waals surface area (Å²) in [5, 5.41) is 6.30. The Labute approximate surface area is 142 Å². The second-order valence-corrected chi connectivity index (χ2v) is 8.28. The number of aromatic nitrogens is 2. The van der Waals surface area contributed by atoms with Crippen LogP contribution in [0.4, 0.5) is 0 Å². The number of hydrogen-bond acceptors (Lipinski definition) is 6. The van der Waals surface area contributed by atoms with E-state index >= 15 is 0 Å². The summed E-state index contributed by atoms with van der Waals surface area (Å²) in [6.07, 6.45) is 1.19. The molecular weight excluding hydrogens is 308 g/mol. The fraction of sp³-hybridized carbons (Fsp3) is 0.647. The van der Waals surface area contributed by atoms with Gasteiger partial charge >= 0.3 is 0 Å². The van der Waals surface area contributed by atoms with E-state index in [0.29, 0.717) is 0 Å². The van der Waals surface area contributed by atoms with Crippen LogP contribution in [0.15, 0.2) is 22.0 Å².